The van der Waals surface area contributed by atoms with Crippen molar-refractivity contribution in [3.8, 4) is 0 Å². The van der Waals surface area contributed by atoms with Crippen LogP contribution in [-0.2, 0) is 13.0 Å². The van der Waals surface area contributed by atoms with E-state index in [4.69, 9.17) is 10.3 Å². The van der Waals surface area contributed by atoms with Gasteiger partial charge in [-0.1, -0.05) is 30.3 Å². The Bertz CT molecular complexity index is 1260. The second-order valence-corrected chi connectivity index (χ2v) is 6.68. The second-order valence-electron chi connectivity index (χ2n) is 6.68. The minimum absolute atomic E-state index is 0.0437. The molecule has 0 aliphatic carbocycles. The molecule has 0 saturated carbocycles. The highest BCUT2D eigenvalue weighted by Crippen LogP contribution is 2.19. The summed E-state index contributed by atoms with van der Waals surface area (Å²) in [5.41, 5.74) is 7.12. The fourth-order valence-electron chi connectivity index (χ4n) is 3.02. The first-order valence-electron chi connectivity index (χ1n) is 9.31. The smallest absolute Gasteiger partial charge is 0.275 e. The van der Waals surface area contributed by atoms with Crippen molar-refractivity contribution < 1.29 is 14.1 Å². The number of nitrogens with one attached hydrogen (secondary N) is 1. The highest BCUT2D eigenvalue weighted by molar-refractivity contribution is 6.12. The number of benzene rings is 1. The summed E-state index contributed by atoms with van der Waals surface area (Å²) in [6, 6.07) is 8.74. The number of hydrogen-bond acceptors (Lipinski definition) is 7. The largest absolute Gasteiger partial charge is 0.366 e. The third kappa shape index (κ3) is 3.75. The third-order valence-electron chi connectivity index (χ3n) is 4.52. The topological polar surface area (TPSA) is 142 Å². The lowest BCUT2D eigenvalue weighted by Crippen LogP contribution is -2.22. The van der Waals surface area contributed by atoms with Crippen LogP contribution in [0.3, 0.4) is 0 Å². The maximum Gasteiger partial charge on any atom is 0.275 e. The van der Waals surface area contributed by atoms with E-state index in [1.807, 2.05) is 13.0 Å². The van der Waals surface area contributed by atoms with Crippen LogP contribution in [-0.4, -0.2) is 36.7 Å². The van der Waals surface area contributed by atoms with Gasteiger partial charge in [-0.25, -0.2) is 4.98 Å². The summed E-state index contributed by atoms with van der Waals surface area (Å²) >= 11 is 0. The van der Waals surface area contributed by atoms with Crippen LogP contribution < -0.4 is 11.1 Å². The maximum absolute atomic E-state index is 12.9. The van der Waals surface area contributed by atoms with Gasteiger partial charge in [0.2, 0.25) is 5.89 Å². The standard InChI is InChI=1S/C20H19N7O3/c1-3-16-24-17(30-26-16)10-27-9-15(11(2)25-27)23-20(29)18-13(19(21)28)8-12-6-4-5-7-14(12)22-18/h4-9H,3,10H2,1-2H3,(H2,21,28)(H,23,29). The van der Waals surface area contributed by atoms with Gasteiger partial charge < -0.3 is 15.6 Å². The number of nitrogens with zero attached hydrogens (tertiary/aromatic N) is 5. The quantitative estimate of drug-likeness (QED) is 0.500. The molecule has 0 bridgehead atoms. The first-order valence-corrected chi connectivity index (χ1v) is 9.31. The lowest BCUT2D eigenvalue weighted by atomic mass is 10.1. The maximum atomic E-state index is 12.9. The molecule has 0 fully saturated rings. The van der Waals surface area contributed by atoms with Crippen LogP contribution in [0.25, 0.3) is 10.9 Å². The molecule has 152 valence electrons. The van der Waals surface area contributed by atoms with Crippen LogP contribution >= 0.6 is 0 Å². The van der Waals surface area contributed by atoms with Gasteiger partial charge in [0, 0.05) is 18.0 Å². The van der Waals surface area contributed by atoms with Crippen molar-refractivity contribution in [2.24, 2.45) is 5.73 Å². The molecule has 30 heavy (non-hydrogen) atoms. The molecule has 0 unspecified atom stereocenters. The molecule has 10 nitrogen and oxygen atoms in total. The molecule has 0 atom stereocenters. The van der Waals surface area contributed by atoms with Crippen LogP contribution in [0.4, 0.5) is 5.69 Å². The third-order valence-corrected chi connectivity index (χ3v) is 4.52. The number of primary amides is 1. The molecule has 2 amide bonds. The highest BCUT2D eigenvalue weighted by atomic mass is 16.5. The highest BCUT2D eigenvalue weighted by Gasteiger charge is 2.20. The Hall–Kier alpha value is -4.08. The summed E-state index contributed by atoms with van der Waals surface area (Å²) in [5.74, 6) is -0.250. The van der Waals surface area contributed by atoms with Gasteiger partial charge in [-0.05, 0) is 19.1 Å². The Labute approximate surface area is 171 Å². The number of para-hydroxylation sites is 1. The molecule has 0 aliphatic rings. The van der Waals surface area contributed by atoms with E-state index in [1.54, 1.807) is 42.1 Å². The van der Waals surface area contributed by atoms with Gasteiger partial charge in [-0.2, -0.15) is 10.1 Å². The zero-order chi connectivity index (χ0) is 21.3. The Kier molecular flexibility index (Phi) is 4.97. The predicted molar refractivity (Wildman–Crippen MR) is 108 cm³/mol. The van der Waals surface area contributed by atoms with E-state index in [2.05, 4.69) is 25.5 Å². The molecule has 0 aliphatic heterocycles. The number of rotatable bonds is 6. The number of carbonyl (C=O) groups is 2. The number of aromatic nitrogens is 5. The molecule has 0 saturated heterocycles. The fraction of sp³-hybridized carbons (Fsp3) is 0.200. The summed E-state index contributed by atoms with van der Waals surface area (Å²) < 4.78 is 6.76. The molecule has 3 aromatic heterocycles. The number of aryl methyl sites for hydroxylation is 2. The molecule has 0 spiro atoms. The minimum atomic E-state index is -0.728. The van der Waals surface area contributed by atoms with E-state index < -0.39 is 11.8 Å². The van der Waals surface area contributed by atoms with Gasteiger partial charge in [0.25, 0.3) is 11.8 Å². The second kappa shape index (κ2) is 7.74. The van der Waals surface area contributed by atoms with E-state index in [1.165, 1.54) is 0 Å². The number of fused-ring (bicyclic) bond motifs is 1. The van der Waals surface area contributed by atoms with Gasteiger partial charge in [-0.3, -0.25) is 14.3 Å². The van der Waals surface area contributed by atoms with Crippen molar-refractivity contribution in [3.63, 3.8) is 0 Å². The average Bonchev–Trinajstić information content (AvgIpc) is 3.33. The Balaban J connectivity index is 1.60. The van der Waals surface area contributed by atoms with Crippen LogP contribution in [0, 0.1) is 6.92 Å². The van der Waals surface area contributed by atoms with Crippen LogP contribution in [0.15, 0.2) is 41.1 Å². The number of pyridine rings is 1. The van der Waals surface area contributed by atoms with Gasteiger partial charge in [0.1, 0.15) is 12.2 Å². The fourth-order valence-corrected chi connectivity index (χ4v) is 3.02. The number of nitrogens with two attached hydrogens (primary N) is 1. The molecule has 3 N–H and O–H groups in total. The molecule has 4 aromatic rings. The van der Waals surface area contributed by atoms with E-state index in [0.29, 0.717) is 35.0 Å². The van der Waals surface area contributed by atoms with E-state index >= 15 is 0 Å². The zero-order valence-corrected chi connectivity index (χ0v) is 16.4. The molecule has 3 heterocycles. The van der Waals surface area contributed by atoms with Crippen molar-refractivity contribution in [2.75, 3.05) is 5.32 Å². The van der Waals surface area contributed by atoms with Crippen molar-refractivity contribution >= 4 is 28.4 Å². The van der Waals surface area contributed by atoms with E-state index in [0.717, 1.165) is 5.39 Å². The van der Waals surface area contributed by atoms with Crippen LogP contribution in [0.5, 0.6) is 0 Å². The summed E-state index contributed by atoms with van der Waals surface area (Å²) in [6.07, 6.45) is 2.32. The molecular weight excluding hydrogens is 386 g/mol. The lowest BCUT2D eigenvalue weighted by molar-refractivity contribution is 0.0974. The van der Waals surface area contributed by atoms with Crippen molar-refractivity contribution in [3.05, 3.63) is 65.2 Å². The van der Waals surface area contributed by atoms with Crippen LogP contribution in [0.2, 0.25) is 0 Å². The number of carbonyl (C=O) groups excluding carboxylic acids is 2. The zero-order valence-electron chi connectivity index (χ0n) is 16.4. The summed E-state index contributed by atoms with van der Waals surface area (Å²) in [6.45, 7) is 3.95. The van der Waals surface area contributed by atoms with E-state index in [9.17, 15) is 9.59 Å². The number of amides is 2. The molecule has 0 radical (unpaired) electrons. The minimum Gasteiger partial charge on any atom is -0.366 e. The molecular formula is C20H19N7O3. The number of hydrogen-bond donors (Lipinski definition) is 2. The normalized spacial score (nSPS) is 11.0. The Morgan fingerprint density at radius 3 is 2.77 bits per heavy atom. The van der Waals surface area contributed by atoms with Gasteiger partial charge in [0.15, 0.2) is 5.82 Å². The SMILES string of the molecule is CCc1noc(Cn2cc(NC(=O)c3nc4ccccc4cc3C(N)=O)c(C)n2)n1. The van der Waals surface area contributed by atoms with Gasteiger partial charge in [-0.15, -0.1) is 0 Å². The summed E-state index contributed by atoms with van der Waals surface area (Å²) in [4.78, 5) is 33.4. The predicted octanol–water partition coefficient (Wildman–Crippen LogP) is 2.08. The van der Waals surface area contributed by atoms with E-state index in [-0.39, 0.29) is 17.8 Å². The number of anilines is 1. The molecule has 10 heteroatoms. The van der Waals surface area contributed by atoms with Crippen molar-refractivity contribution in [1.29, 1.82) is 0 Å². The molecule has 1 aromatic carbocycles. The van der Waals surface area contributed by atoms with Gasteiger partial charge >= 0.3 is 0 Å². The summed E-state index contributed by atoms with van der Waals surface area (Å²) in [5, 5.41) is 11.7. The summed E-state index contributed by atoms with van der Waals surface area (Å²) in [7, 11) is 0. The Morgan fingerprint density at radius 1 is 1.23 bits per heavy atom. The first kappa shape index (κ1) is 19.2. The first-order chi connectivity index (χ1) is 14.4. The lowest BCUT2D eigenvalue weighted by Gasteiger charge is -2.08. The van der Waals surface area contributed by atoms with Crippen molar-refractivity contribution in [2.45, 2.75) is 26.8 Å². The van der Waals surface area contributed by atoms with Crippen LogP contribution in [0.1, 0.15) is 45.2 Å². The van der Waals surface area contributed by atoms with Crippen molar-refractivity contribution in [1.82, 2.24) is 24.9 Å². The monoisotopic (exact) mass is 405 g/mol. The average molecular weight is 405 g/mol. The van der Waals surface area contributed by atoms with Gasteiger partial charge in [0.05, 0.1) is 22.5 Å². The Morgan fingerprint density at radius 2 is 2.03 bits per heavy atom. The molecule has 4 rings (SSSR count).